The van der Waals surface area contributed by atoms with Gasteiger partial charge in [0.15, 0.2) is 5.78 Å². The van der Waals surface area contributed by atoms with E-state index in [0.717, 1.165) is 6.42 Å². The van der Waals surface area contributed by atoms with Crippen LogP contribution in [0, 0.1) is 0 Å². The van der Waals surface area contributed by atoms with Gasteiger partial charge in [0, 0.05) is 12.5 Å². The maximum absolute atomic E-state index is 12.2. The highest BCUT2D eigenvalue weighted by Gasteiger charge is 2.48. The van der Waals surface area contributed by atoms with Gasteiger partial charge in [0.05, 0.1) is 31.8 Å². The van der Waals surface area contributed by atoms with Gasteiger partial charge in [0.1, 0.15) is 17.1 Å². The molecule has 2 heterocycles. The van der Waals surface area contributed by atoms with Gasteiger partial charge < -0.3 is 14.2 Å². The summed E-state index contributed by atoms with van der Waals surface area (Å²) in [7, 11) is 1.60. The van der Waals surface area contributed by atoms with Crippen LogP contribution in [0.15, 0.2) is 18.2 Å². The molecular weight excluding hydrogens is 232 g/mol. The molecule has 1 aromatic rings. The Hall–Kier alpha value is -1.55. The van der Waals surface area contributed by atoms with E-state index >= 15 is 0 Å². The summed E-state index contributed by atoms with van der Waals surface area (Å²) in [6, 6.07) is 5.33. The average Bonchev–Trinajstić information content (AvgIpc) is 2.69. The maximum atomic E-state index is 12.2. The van der Waals surface area contributed by atoms with Crippen molar-refractivity contribution in [3.63, 3.8) is 0 Å². The molecule has 1 saturated heterocycles. The lowest BCUT2D eigenvalue weighted by atomic mass is 9.85. The highest BCUT2D eigenvalue weighted by atomic mass is 16.6. The Balaban J connectivity index is 2.02. The standard InChI is InChI=1S/C14H16O4/c1-9-14(5-6-17-9)8-12(15)11-4-3-10(16-2)7-13(11)18-14/h3-4,7,9H,5-6,8H2,1-2H3. The second-order valence-corrected chi connectivity index (χ2v) is 4.89. The van der Waals surface area contributed by atoms with Gasteiger partial charge in [-0.05, 0) is 19.1 Å². The van der Waals surface area contributed by atoms with E-state index in [1.165, 1.54) is 0 Å². The zero-order valence-electron chi connectivity index (χ0n) is 10.6. The molecule has 2 aliphatic heterocycles. The van der Waals surface area contributed by atoms with Crippen LogP contribution in [0.25, 0.3) is 0 Å². The molecule has 1 fully saturated rings. The molecule has 2 unspecified atom stereocenters. The van der Waals surface area contributed by atoms with E-state index in [2.05, 4.69) is 0 Å². The zero-order valence-corrected chi connectivity index (χ0v) is 10.6. The number of hydrogen-bond donors (Lipinski definition) is 0. The molecule has 2 aliphatic rings. The highest BCUT2D eigenvalue weighted by molar-refractivity contribution is 6.00. The molecule has 0 bridgehead atoms. The third-order valence-electron chi connectivity index (χ3n) is 3.90. The van der Waals surface area contributed by atoms with Crippen LogP contribution in [-0.4, -0.2) is 31.2 Å². The predicted octanol–water partition coefficient (Wildman–Crippen LogP) is 2.21. The van der Waals surface area contributed by atoms with E-state index in [0.29, 0.717) is 30.1 Å². The minimum atomic E-state index is -0.490. The molecule has 4 heteroatoms. The number of hydrogen-bond acceptors (Lipinski definition) is 4. The first-order valence-corrected chi connectivity index (χ1v) is 6.16. The van der Waals surface area contributed by atoms with Gasteiger partial charge >= 0.3 is 0 Å². The Morgan fingerprint density at radius 2 is 2.28 bits per heavy atom. The monoisotopic (exact) mass is 248 g/mol. The van der Waals surface area contributed by atoms with Gasteiger partial charge in [-0.25, -0.2) is 0 Å². The molecule has 18 heavy (non-hydrogen) atoms. The number of carbonyl (C=O) groups excluding carboxylic acids is 1. The summed E-state index contributed by atoms with van der Waals surface area (Å²) in [5.41, 5.74) is 0.150. The van der Waals surface area contributed by atoms with Crippen LogP contribution in [0.1, 0.15) is 30.1 Å². The Bertz CT molecular complexity index is 497. The van der Waals surface area contributed by atoms with Crippen LogP contribution in [-0.2, 0) is 4.74 Å². The summed E-state index contributed by atoms with van der Waals surface area (Å²) in [6.45, 7) is 2.61. The summed E-state index contributed by atoms with van der Waals surface area (Å²) in [5.74, 6) is 1.43. The van der Waals surface area contributed by atoms with Gasteiger partial charge in [-0.2, -0.15) is 0 Å². The third-order valence-corrected chi connectivity index (χ3v) is 3.90. The summed E-state index contributed by atoms with van der Waals surface area (Å²) in [4.78, 5) is 12.2. The lowest BCUT2D eigenvalue weighted by Crippen LogP contribution is -2.47. The number of fused-ring (bicyclic) bond motifs is 1. The molecule has 0 saturated carbocycles. The first kappa shape index (κ1) is 11.5. The van der Waals surface area contributed by atoms with Crippen molar-refractivity contribution in [1.82, 2.24) is 0 Å². The van der Waals surface area contributed by atoms with Crippen molar-refractivity contribution in [2.45, 2.75) is 31.5 Å². The topological polar surface area (TPSA) is 44.8 Å². The van der Waals surface area contributed by atoms with E-state index < -0.39 is 5.60 Å². The van der Waals surface area contributed by atoms with Crippen molar-refractivity contribution in [3.05, 3.63) is 23.8 Å². The van der Waals surface area contributed by atoms with Crippen molar-refractivity contribution in [2.75, 3.05) is 13.7 Å². The molecule has 1 spiro atoms. The molecule has 0 radical (unpaired) electrons. The Morgan fingerprint density at radius 1 is 1.44 bits per heavy atom. The largest absolute Gasteiger partial charge is 0.497 e. The number of Topliss-reactive ketones (excluding diaryl/α,β-unsaturated/α-hetero) is 1. The molecule has 0 aliphatic carbocycles. The molecule has 4 nitrogen and oxygen atoms in total. The zero-order chi connectivity index (χ0) is 12.8. The molecule has 0 N–H and O–H groups in total. The summed E-state index contributed by atoms with van der Waals surface area (Å²) in [6.07, 6.45) is 1.10. The summed E-state index contributed by atoms with van der Waals surface area (Å²) < 4.78 is 16.8. The van der Waals surface area contributed by atoms with Gasteiger partial charge in [-0.15, -0.1) is 0 Å². The fraction of sp³-hybridized carbons (Fsp3) is 0.500. The smallest absolute Gasteiger partial charge is 0.170 e. The number of ketones is 1. The lowest BCUT2D eigenvalue weighted by Gasteiger charge is -2.36. The summed E-state index contributed by atoms with van der Waals surface area (Å²) >= 11 is 0. The van der Waals surface area contributed by atoms with Crippen molar-refractivity contribution in [3.8, 4) is 11.5 Å². The van der Waals surface area contributed by atoms with E-state index in [9.17, 15) is 4.79 Å². The van der Waals surface area contributed by atoms with Crippen molar-refractivity contribution >= 4 is 5.78 Å². The van der Waals surface area contributed by atoms with E-state index in [1.54, 1.807) is 25.3 Å². The fourth-order valence-electron chi connectivity index (χ4n) is 2.70. The van der Waals surface area contributed by atoms with Crippen LogP contribution < -0.4 is 9.47 Å². The second kappa shape index (κ2) is 3.99. The molecule has 3 rings (SSSR count). The lowest BCUT2D eigenvalue weighted by molar-refractivity contribution is -0.0161. The van der Waals surface area contributed by atoms with E-state index in [1.807, 2.05) is 6.92 Å². The highest BCUT2D eigenvalue weighted by Crippen LogP contribution is 2.42. The first-order chi connectivity index (χ1) is 8.64. The number of methoxy groups -OCH3 is 1. The van der Waals surface area contributed by atoms with E-state index in [-0.39, 0.29) is 11.9 Å². The molecule has 0 amide bonds. The Kier molecular flexibility index (Phi) is 2.55. The van der Waals surface area contributed by atoms with Crippen molar-refractivity contribution in [1.29, 1.82) is 0 Å². The Morgan fingerprint density at radius 3 is 2.94 bits per heavy atom. The fourth-order valence-corrected chi connectivity index (χ4v) is 2.70. The van der Waals surface area contributed by atoms with Crippen LogP contribution in [0.4, 0.5) is 0 Å². The van der Waals surface area contributed by atoms with Gasteiger partial charge in [0.25, 0.3) is 0 Å². The van der Waals surface area contributed by atoms with Crippen LogP contribution in [0.3, 0.4) is 0 Å². The molecule has 1 aromatic carbocycles. The minimum Gasteiger partial charge on any atom is -0.497 e. The second-order valence-electron chi connectivity index (χ2n) is 4.89. The number of carbonyl (C=O) groups is 1. The normalized spacial score (nSPS) is 30.1. The first-order valence-electron chi connectivity index (χ1n) is 6.16. The predicted molar refractivity (Wildman–Crippen MR) is 65.3 cm³/mol. The van der Waals surface area contributed by atoms with Crippen molar-refractivity contribution < 1.29 is 19.0 Å². The number of ether oxygens (including phenoxy) is 3. The van der Waals surface area contributed by atoms with Crippen LogP contribution >= 0.6 is 0 Å². The third kappa shape index (κ3) is 1.60. The molecule has 96 valence electrons. The molecule has 0 aromatic heterocycles. The minimum absolute atomic E-state index is 0.0548. The average molecular weight is 248 g/mol. The van der Waals surface area contributed by atoms with Crippen molar-refractivity contribution in [2.24, 2.45) is 0 Å². The van der Waals surface area contributed by atoms with Gasteiger partial charge in [-0.3, -0.25) is 4.79 Å². The quantitative estimate of drug-likeness (QED) is 0.764. The van der Waals surface area contributed by atoms with Gasteiger partial charge in [0.2, 0.25) is 0 Å². The molecule has 2 atom stereocenters. The maximum Gasteiger partial charge on any atom is 0.170 e. The van der Waals surface area contributed by atoms with Gasteiger partial charge in [-0.1, -0.05) is 0 Å². The SMILES string of the molecule is COc1ccc2c(c1)OC1(CCOC1C)CC2=O. The molecular formula is C14H16O4. The van der Waals surface area contributed by atoms with Crippen LogP contribution in [0.5, 0.6) is 11.5 Å². The Labute approximate surface area is 106 Å². The van der Waals surface area contributed by atoms with Crippen LogP contribution in [0.2, 0.25) is 0 Å². The number of benzene rings is 1. The summed E-state index contributed by atoms with van der Waals surface area (Å²) in [5, 5.41) is 0. The number of rotatable bonds is 1. The van der Waals surface area contributed by atoms with E-state index in [4.69, 9.17) is 14.2 Å².